The van der Waals surface area contributed by atoms with Gasteiger partial charge in [-0.2, -0.15) is 0 Å². The van der Waals surface area contributed by atoms with Crippen LogP contribution in [0.2, 0.25) is 0 Å². The van der Waals surface area contributed by atoms with Crippen LogP contribution in [-0.2, 0) is 9.47 Å². The smallest absolute Gasteiger partial charge is 0.191 e. The Hall–Kier alpha value is -1.01. The van der Waals surface area contributed by atoms with E-state index in [1.807, 2.05) is 13.0 Å². The van der Waals surface area contributed by atoms with E-state index in [0.717, 1.165) is 44.2 Å². The quantitative estimate of drug-likeness (QED) is 0.249. The van der Waals surface area contributed by atoms with Gasteiger partial charge in [-0.15, -0.1) is 24.0 Å². The molecule has 1 aromatic carbocycles. The van der Waals surface area contributed by atoms with Crippen LogP contribution in [0.25, 0.3) is 0 Å². The Bertz CT molecular complexity index is 682. The van der Waals surface area contributed by atoms with Gasteiger partial charge in [0, 0.05) is 44.8 Å². The molecular formula is C22H36FIN4O3. The number of nitrogens with zero attached hydrogens (tertiary/aromatic N) is 2. The van der Waals surface area contributed by atoms with Crippen molar-refractivity contribution in [3.05, 3.63) is 35.6 Å². The second kappa shape index (κ2) is 13.5. The number of aliphatic hydroxyl groups is 1. The molecular weight excluding hydrogens is 514 g/mol. The van der Waals surface area contributed by atoms with Crippen molar-refractivity contribution in [2.75, 3.05) is 65.8 Å². The number of aliphatic imine (C=N–C) groups is 1. The second-order valence-electron chi connectivity index (χ2n) is 8.07. The number of rotatable bonds is 9. The van der Waals surface area contributed by atoms with Gasteiger partial charge < -0.3 is 25.2 Å². The fraction of sp³-hybridized carbons (Fsp3) is 0.682. The molecule has 3 rings (SSSR count). The Morgan fingerprint density at radius 2 is 2.06 bits per heavy atom. The molecule has 0 radical (unpaired) electrons. The molecule has 2 atom stereocenters. The van der Waals surface area contributed by atoms with E-state index in [1.165, 1.54) is 6.07 Å². The van der Waals surface area contributed by atoms with Gasteiger partial charge in [-0.1, -0.05) is 12.1 Å². The maximum absolute atomic E-state index is 13.9. The molecule has 2 aliphatic heterocycles. The van der Waals surface area contributed by atoms with Gasteiger partial charge in [0.1, 0.15) is 5.82 Å². The summed E-state index contributed by atoms with van der Waals surface area (Å²) < 4.78 is 25.0. The molecule has 1 aromatic rings. The molecule has 2 heterocycles. The molecule has 0 bridgehead atoms. The van der Waals surface area contributed by atoms with Crippen LogP contribution in [0.15, 0.2) is 29.3 Å². The maximum Gasteiger partial charge on any atom is 0.191 e. The van der Waals surface area contributed by atoms with E-state index in [9.17, 15) is 9.50 Å². The third kappa shape index (κ3) is 7.81. The van der Waals surface area contributed by atoms with Gasteiger partial charge in [0.25, 0.3) is 0 Å². The summed E-state index contributed by atoms with van der Waals surface area (Å²) in [5.74, 6) is 0.509. The van der Waals surface area contributed by atoms with Crippen molar-refractivity contribution in [3.63, 3.8) is 0 Å². The highest BCUT2D eigenvalue weighted by Gasteiger charge is 2.34. The van der Waals surface area contributed by atoms with Gasteiger partial charge in [0.15, 0.2) is 5.96 Å². The van der Waals surface area contributed by atoms with E-state index in [4.69, 9.17) is 14.5 Å². The summed E-state index contributed by atoms with van der Waals surface area (Å²) >= 11 is 0. The lowest BCUT2D eigenvalue weighted by Crippen LogP contribution is -2.46. The van der Waals surface area contributed by atoms with Crippen LogP contribution < -0.4 is 10.6 Å². The zero-order valence-corrected chi connectivity index (χ0v) is 20.6. The fourth-order valence-electron chi connectivity index (χ4n) is 4.13. The Balaban J connectivity index is 0.00000341. The lowest BCUT2D eigenvalue weighted by molar-refractivity contribution is 0.0169. The Kier molecular flexibility index (Phi) is 11.4. The molecule has 0 aromatic heterocycles. The van der Waals surface area contributed by atoms with Gasteiger partial charge >= 0.3 is 0 Å². The molecule has 176 valence electrons. The molecule has 7 nitrogen and oxygen atoms in total. The van der Waals surface area contributed by atoms with Crippen LogP contribution in [-0.4, -0.2) is 81.7 Å². The van der Waals surface area contributed by atoms with E-state index in [-0.39, 0.29) is 47.9 Å². The van der Waals surface area contributed by atoms with Crippen LogP contribution in [0.4, 0.5) is 4.39 Å². The monoisotopic (exact) mass is 550 g/mol. The summed E-state index contributed by atoms with van der Waals surface area (Å²) in [5, 5.41) is 16.2. The highest BCUT2D eigenvalue weighted by atomic mass is 127. The molecule has 2 aliphatic rings. The number of nitrogens with one attached hydrogen (secondary N) is 2. The highest BCUT2D eigenvalue weighted by Crippen LogP contribution is 2.32. The minimum absolute atomic E-state index is 0. The molecule has 0 aliphatic carbocycles. The Labute approximate surface area is 201 Å². The predicted octanol–water partition coefficient (Wildman–Crippen LogP) is 2.16. The summed E-state index contributed by atoms with van der Waals surface area (Å²) in [6.45, 7) is 8.48. The van der Waals surface area contributed by atoms with E-state index >= 15 is 0 Å². The number of aliphatic hydroxyl groups excluding tert-OH is 1. The van der Waals surface area contributed by atoms with Crippen LogP contribution in [0, 0.1) is 11.2 Å². The van der Waals surface area contributed by atoms with Crippen molar-refractivity contribution in [2.45, 2.75) is 25.8 Å². The third-order valence-corrected chi connectivity index (χ3v) is 5.93. The van der Waals surface area contributed by atoms with Crippen molar-refractivity contribution < 1.29 is 19.0 Å². The summed E-state index contributed by atoms with van der Waals surface area (Å²) in [6, 6.07) is 6.84. The molecule has 2 saturated heterocycles. The number of ether oxygens (including phenoxy) is 2. The molecule has 2 unspecified atom stereocenters. The van der Waals surface area contributed by atoms with Crippen molar-refractivity contribution in [2.24, 2.45) is 10.4 Å². The number of morpholine rings is 1. The van der Waals surface area contributed by atoms with Crippen LogP contribution >= 0.6 is 24.0 Å². The van der Waals surface area contributed by atoms with E-state index < -0.39 is 0 Å². The van der Waals surface area contributed by atoms with Crippen molar-refractivity contribution in [3.8, 4) is 0 Å². The number of hydrogen-bond donors (Lipinski definition) is 3. The molecule has 0 amide bonds. The Morgan fingerprint density at radius 3 is 2.71 bits per heavy atom. The largest absolute Gasteiger partial charge is 0.396 e. The van der Waals surface area contributed by atoms with E-state index in [2.05, 4.69) is 15.5 Å². The summed E-state index contributed by atoms with van der Waals surface area (Å²) in [6.07, 6.45) is 1.60. The van der Waals surface area contributed by atoms with E-state index in [1.54, 1.807) is 12.1 Å². The average Bonchev–Trinajstić information content (AvgIpc) is 3.22. The Morgan fingerprint density at radius 1 is 1.26 bits per heavy atom. The van der Waals surface area contributed by atoms with Crippen molar-refractivity contribution >= 4 is 29.9 Å². The number of halogens is 2. The van der Waals surface area contributed by atoms with Gasteiger partial charge in [-0.3, -0.25) is 9.89 Å². The summed E-state index contributed by atoms with van der Waals surface area (Å²) in [5.41, 5.74) is 0.852. The predicted molar refractivity (Wildman–Crippen MR) is 131 cm³/mol. The first-order valence-corrected chi connectivity index (χ1v) is 10.9. The second-order valence-corrected chi connectivity index (χ2v) is 8.07. The summed E-state index contributed by atoms with van der Waals surface area (Å²) in [4.78, 5) is 7.13. The first-order valence-electron chi connectivity index (χ1n) is 10.9. The number of guanidine groups is 1. The lowest BCUT2D eigenvalue weighted by atomic mass is 9.84. The summed E-state index contributed by atoms with van der Waals surface area (Å²) in [7, 11) is 0. The first-order chi connectivity index (χ1) is 14.7. The molecule has 31 heavy (non-hydrogen) atoms. The normalized spacial score (nSPS) is 23.3. The number of hydrogen-bond acceptors (Lipinski definition) is 5. The number of benzene rings is 1. The molecule has 3 N–H and O–H groups in total. The standard InChI is InChI=1S/C22H35FN4O3.HI/c1-2-24-21(26-16-22(6-10-28)7-11-30-17-22)25-15-20(27-8-12-29-13-9-27)18-4-3-5-19(23)14-18;/h3-5,14,20,28H,2,6-13,15-17H2,1H3,(H2,24,25,26);1H. The topological polar surface area (TPSA) is 78.4 Å². The van der Waals surface area contributed by atoms with E-state index in [0.29, 0.717) is 39.3 Å². The maximum atomic E-state index is 13.9. The van der Waals surface area contributed by atoms with Crippen LogP contribution in [0.3, 0.4) is 0 Å². The zero-order valence-electron chi connectivity index (χ0n) is 18.3. The molecule has 0 spiro atoms. The molecule has 0 saturated carbocycles. The minimum atomic E-state index is -0.224. The van der Waals surface area contributed by atoms with Gasteiger partial charge in [0.05, 0.1) is 32.4 Å². The van der Waals surface area contributed by atoms with Crippen LogP contribution in [0.5, 0.6) is 0 Å². The van der Waals surface area contributed by atoms with Crippen molar-refractivity contribution in [1.29, 1.82) is 0 Å². The zero-order chi connectivity index (χ0) is 21.2. The SMILES string of the molecule is CCNC(=NCC1(CCO)CCOC1)NCC(c1cccc(F)c1)N1CCOCC1.I. The molecule has 9 heteroatoms. The van der Waals surface area contributed by atoms with Gasteiger partial charge in [0.2, 0.25) is 0 Å². The van der Waals surface area contributed by atoms with Gasteiger partial charge in [-0.05, 0) is 37.5 Å². The molecule has 2 fully saturated rings. The third-order valence-electron chi connectivity index (χ3n) is 5.93. The highest BCUT2D eigenvalue weighted by molar-refractivity contribution is 14.0. The minimum Gasteiger partial charge on any atom is -0.396 e. The van der Waals surface area contributed by atoms with Gasteiger partial charge in [-0.25, -0.2) is 4.39 Å². The lowest BCUT2D eigenvalue weighted by Gasteiger charge is -2.35. The van der Waals surface area contributed by atoms with Crippen LogP contribution in [0.1, 0.15) is 31.4 Å². The average molecular weight is 550 g/mol. The first kappa shape index (κ1) is 26.2. The van der Waals surface area contributed by atoms with Crippen molar-refractivity contribution in [1.82, 2.24) is 15.5 Å². The fourth-order valence-corrected chi connectivity index (χ4v) is 4.13.